The first-order valence-electron chi connectivity index (χ1n) is 9.69. The minimum absolute atomic E-state index is 0.0278. The standard InChI is InChI=1S/C20H24N4O2S/c1-3-25-12(2)15-6-7-16(19-21-8-9-27-19)18-17(15)23-20(26-18)24-10-13-4-5-14(11-24)22-13/h6-9,12-14,22H,3-5,10-11H2,1-2H3. The lowest BCUT2D eigenvalue weighted by molar-refractivity contribution is 0.0773. The summed E-state index contributed by atoms with van der Waals surface area (Å²) in [4.78, 5) is 11.7. The van der Waals surface area contributed by atoms with Gasteiger partial charge in [0.25, 0.3) is 6.01 Å². The summed E-state index contributed by atoms with van der Waals surface area (Å²) in [7, 11) is 0. The van der Waals surface area contributed by atoms with Crippen LogP contribution in [-0.2, 0) is 4.74 Å². The molecule has 142 valence electrons. The van der Waals surface area contributed by atoms with Gasteiger partial charge in [-0.2, -0.15) is 4.98 Å². The van der Waals surface area contributed by atoms with Gasteiger partial charge >= 0.3 is 0 Å². The molecule has 27 heavy (non-hydrogen) atoms. The van der Waals surface area contributed by atoms with E-state index in [1.807, 2.05) is 18.5 Å². The normalized spacial score (nSPS) is 23.3. The molecule has 2 bridgehead atoms. The minimum Gasteiger partial charge on any atom is -0.423 e. The van der Waals surface area contributed by atoms with E-state index in [2.05, 4.69) is 34.3 Å². The maximum absolute atomic E-state index is 6.35. The number of hydrogen-bond donors (Lipinski definition) is 1. The van der Waals surface area contributed by atoms with Gasteiger partial charge in [-0.3, -0.25) is 0 Å². The fraction of sp³-hybridized carbons (Fsp3) is 0.500. The molecule has 0 amide bonds. The topological polar surface area (TPSA) is 63.4 Å². The molecule has 0 saturated carbocycles. The Morgan fingerprint density at radius 2 is 2.15 bits per heavy atom. The quantitative estimate of drug-likeness (QED) is 0.718. The van der Waals surface area contributed by atoms with Gasteiger partial charge in [0.15, 0.2) is 5.58 Å². The minimum atomic E-state index is -0.0278. The monoisotopic (exact) mass is 384 g/mol. The Bertz CT molecular complexity index is 927. The second kappa shape index (κ2) is 6.89. The van der Waals surface area contributed by atoms with E-state index < -0.39 is 0 Å². The van der Waals surface area contributed by atoms with Crippen molar-refractivity contribution in [2.24, 2.45) is 0 Å². The molecule has 2 aliphatic heterocycles. The molecule has 0 aliphatic carbocycles. The number of rotatable bonds is 5. The van der Waals surface area contributed by atoms with Crippen LogP contribution in [0.1, 0.15) is 38.4 Å². The van der Waals surface area contributed by atoms with Crippen LogP contribution in [0.3, 0.4) is 0 Å². The van der Waals surface area contributed by atoms with Gasteiger partial charge < -0.3 is 19.4 Å². The molecule has 4 heterocycles. The summed E-state index contributed by atoms with van der Waals surface area (Å²) in [5, 5.41) is 6.61. The lowest BCUT2D eigenvalue weighted by atomic mass is 10.1. The van der Waals surface area contributed by atoms with Gasteiger partial charge in [0, 0.05) is 48.9 Å². The first kappa shape index (κ1) is 17.2. The van der Waals surface area contributed by atoms with E-state index in [9.17, 15) is 0 Å². The molecule has 0 spiro atoms. The number of nitrogens with zero attached hydrogens (tertiary/aromatic N) is 3. The van der Waals surface area contributed by atoms with Crippen LogP contribution in [0.15, 0.2) is 28.1 Å². The molecule has 2 fully saturated rings. The van der Waals surface area contributed by atoms with Crippen molar-refractivity contribution in [3.05, 3.63) is 29.3 Å². The molecule has 2 aliphatic rings. The third-order valence-electron chi connectivity index (χ3n) is 5.57. The van der Waals surface area contributed by atoms with Gasteiger partial charge in [-0.15, -0.1) is 11.3 Å². The van der Waals surface area contributed by atoms with Gasteiger partial charge in [0.05, 0.1) is 11.7 Å². The van der Waals surface area contributed by atoms with E-state index >= 15 is 0 Å². The van der Waals surface area contributed by atoms with Crippen LogP contribution in [0, 0.1) is 0 Å². The molecule has 2 aromatic heterocycles. The summed E-state index contributed by atoms with van der Waals surface area (Å²) < 4.78 is 12.2. The number of benzene rings is 1. The van der Waals surface area contributed by atoms with E-state index in [0.29, 0.717) is 18.7 Å². The zero-order chi connectivity index (χ0) is 18.4. The van der Waals surface area contributed by atoms with Crippen LogP contribution in [-0.4, -0.2) is 41.7 Å². The van der Waals surface area contributed by atoms with Gasteiger partial charge in [-0.25, -0.2) is 4.98 Å². The van der Waals surface area contributed by atoms with E-state index in [1.54, 1.807) is 11.3 Å². The molecule has 3 aromatic rings. The maximum atomic E-state index is 6.35. The lowest BCUT2D eigenvalue weighted by Crippen LogP contribution is -2.51. The highest BCUT2D eigenvalue weighted by atomic mass is 32.1. The second-order valence-corrected chi connectivity index (χ2v) is 8.25. The summed E-state index contributed by atoms with van der Waals surface area (Å²) in [6, 6.07) is 5.99. The van der Waals surface area contributed by atoms with Crippen molar-refractivity contribution in [3.8, 4) is 10.6 Å². The Morgan fingerprint density at radius 1 is 1.33 bits per heavy atom. The van der Waals surface area contributed by atoms with Crippen LogP contribution < -0.4 is 10.2 Å². The number of fused-ring (bicyclic) bond motifs is 3. The Hall–Kier alpha value is -1.96. The Balaban J connectivity index is 1.61. The summed E-state index contributed by atoms with van der Waals surface area (Å²) in [5.74, 6) is 0. The van der Waals surface area contributed by atoms with Crippen molar-refractivity contribution in [3.63, 3.8) is 0 Å². The number of nitrogens with one attached hydrogen (secondary N) is 1. The van der Waals surface area contributed by atoms with Gasteiger partial charge in [0.1, 0.15) is 10.5 Å². The first-order chi connectivity index (χ1) is 13.2. The molecular weight excluding hydrogens is 360 g/mol. The van der Waals surface area contributed by atoms with Crippen molar-refractivity contribution >= 4 is 28.5 Å². The molecule has 5 rings (SSSR count). The zero-order valence-corrected chi connectivity index (χ0v) is 16.5. The van der Waals surface area contributed by atoms with Crippen molar-refractivity contribution in [2.75, 3.05) is 24.6 Å². The molecule has 3 atom stereocenters. The molecule has 7 heteroatoms. The third-order valence-corrected chi connectivity index (χ3v) is 6.37. The average molecular weight is 385 g/mol. The predicted octanol–water partition coefficient (Wildman–Crippen LogP) is 3.99. The highest BCUT2D eigenvalue weighted by Gasteiger charge is 2.34. The highest BCUT2D eigenvalue weighted by Crippen LogP contribution is 2.38. The predicted molar refractivity (Wildman–Crippen MR) is 107 cm³/mol. The van der Waals surface area contributed by atoms with Gasteiger partial charge in [-0.1, -0.05) is 6.07 Å². The molecule has 6 nitrogen and oxygen atoms in total. The molecular formula is C20H24N4O2S. The molecule has 1 aromatic carbocycles. The third kappa shape index (κ3) is 3.03. The van der Waals surface area contributed by atoms with Crippen LogP contribution in [0.2, 0.25) is 0 Å². The van der Waals surface area contributed by atoms with Crippen LogP contribution in [0.25, 0.3) is 21.7 Å². The first-order valence-corrected chi connectivity index (χ1v) is 10.6. The van der Waals surface area contributed by atoms with E-state index in [4.69, 9.17) is 14.1 Å². The van der Waals surface area contributed by atoms with Crippen LogP contribution in [0.4, 0.5) is 6.01 Å². The number of piperazine rings is 1. The van der Waals surface area contributed by atoms with E-state index in [1.165, 1.54) is 12.8 Å². The summed E-state index contributed by atoms with van der Waals surface area (Å²) in [6.07, 6.45) is 4.27. The van der Waals surface area contributed by atoms with Gasteiger partial charge in [-0.05, 0) is 32.8 Å². The second-order valence-electron chi connectivity index (χ2n) is 7.35. The number of thiazole rings is 1. The molecule has 0 radical (unpaired) electrons. The molecule has 3 unspecified atom stereocenters. The maximum Gasteiger partial charge on any atom is 0.298 e. The van der Waals surface area contributed by atoms with Crippen molar-refractivity contribution in [2.45, 2.75) is 44.9 Å². The summed E-state index contributed by atoms with van der Waals surface area (Å²) in [6.45, 7) is 6.66. The smallest absolute Gasteiger partial charge is 0.298 e. The number of ether oxygens (including phenoxy) is 1. The molecule has 2 saturated heterocycles. The highest BCUT2D eigenvalue weighted by molar-refractivity contribution is 7.13. The van der Waals surface area contributed by atoms with Crippen molar-refractivity contribution in [1.82, 2.24) is 15.3 Å². The SMILES string of the molecule is CCOC(C)c1ccc(-c2nccs2)c2oc(N3CC4CCC(C3)N4)nc12. The largest absolute Gasteiger partial charge is 0.423 e. The van der Waals surface area contributed by atoms with Crippen LogP contribution in [0.5, 0.6) is 0 Å². The van der Waals surface area contributed by atoms with Crippen molar-refractivity contribution in [1.29, 1.82) is 0 Å². The van der Waals surface area contributed by atoms with E-state index in [0.717, 1.165) is 46.3 Å². The van der Waals surface area contributed by atoms with Gasteiger partial charge in [0.2, 0.25) is 0 Å². The fourth-order valence-corrected chi connectivity index (χ4v) is 4.96. The number of aromatic nitrogens is 2. The van der Waals surface area contributed by atoms with E-state index in [-0.39, 0.29) is 6.10 Å². The Labute approximate surface area is 162 Å². The number of hydrogen-bond acceptors (Lipinski definition) is 7. The number of oxazole rings is 1. The zero-order valence-electron chi connectivity index (χ0n) is 15.6. The Kier molecular flexibility index (Phi) is 4.38. The Morgan fingerprint density at radius 3 is 2.85 bits per heavy atom. The fourth-order valence-electron chi connectivity index (χ4n) is 4.30. The average Bonchev–Trinajstić information content (AvgIpc) is 3.41. The molecule has 1 N–H and O–H groups in total. The summed E-state index contributed by atoms with van der Waals surface area (Å²) >= 11 is 1.62. The summed E-state index contributed by atoms with van der Waals surface area (Å²) in [5.41, 5.74) is 3.78. The lowest BCUT2D eigenvalue weighted by Gasteiger charge is -2.31. The van der Waals surface area contributed by atoms with Crippen molar-refractivity contribution < 1.29 is 9.15 Å². The van der Waals surface area contributed by atoms with Crippen LogP contribution >= 0.6 is 11.3 Å². The number of anilines is 1.